The summed E-state index contributed by atoms with van der Waals surface area (Å²) < 4.78 is 29.7. The number of rotatable bonds is 4. The number of para-hydroxylation sites is 2. The summed E-state index contributed by atoms with van der Waals surface area (Å²) in [7, 11) is 0. The van der Waals surface area contributed by atoms with Crippen LogP contribution in [0.5, 0.6) is 11.5 Å². The normalized spacial score (nSPS) is 16.8. The Labute approximate surface area is 610 Å². The minimum absolute atomic E-state index is 0. The van der Waals surface area contributed by atoms with Crippen LogP contribution in [0.4, 0.5) is 11.4 Å². The van der Waals surface area contributed by atoms with Crippen molar-refractivity contribution < 1.29 is 141 Å². The fraction of sp³-hybridized carbons (Fsp3) is 0.649. The molecular weight excluding hydrogens is 1120 g/mol. The third-order valence-corrected chi connectivity index (χ3v) is 14.7. The summed E-state index contributed by atoms with van der Waals surface area (Å²) in [5.41, 5.74) is 9.08. The van der Waals surface area contributed by atoms with Gasteiger partial charge in [-0.1, -0.05) is 197 Å². The second-order valence-corrected chi connectivity index (χ2v) is 28.9. The van der Waals surface area contributed by atoms with E-state index in [0.29, 0.717) is 11.1 Å². The van der Waals surface area contributed by atoms with E-state index in [1.807, 2.05) is 48.5 Å². The molecule has 6 aliphatic rings. The van der Waals surface area contributed by atoms with Crippen molar-refractivity contribution >= 4 is 23.8 Å². The van der Waals surface area contributed by atoms with Crippen molar-refractivity contribution in [3.05, 3.63) is 117 Å². The van der Waals surface area contributed by atoms with E-state index in [1.54, 1.807) is 12.4 Å². The van der Waals surface area contributed by atoms with Crippen molar-refractivity contribution in [2.45, 2.75) is 234 Å². The van der Waals surface area contributed by atoms with Gasteiger partial charge in [0.05, 0.1) is 11.4 Å². The third kappa shape index (κ3) is 33.4. The molecule has 0 radical (unpaired) electrons. The molecule has 0 spiro atoms. The van der Waals surface area contributed by atoms with Crippen LogP contribution in [0.1, 0.15) is 246 Å². The molecule has 4 aromatic carbocycles. The molecule has 6 heterocycles. The summed E-state index contributed by atoms with van der Waals surface area (Å²) in [6.45, 7) is 50.7. The number of nitrogens with zero attached hydrogens (tertiary/aromatic N) is 2. The zero-order valence-corrected chi connectivity index (χ0v) is 64.5. The second kappa shape index (κ2) is 42.2. The SMILES string of the molecule is C1CCOC1.C1CCOC1.C1CCOC1.C1CCOC1.C1CCOC1.C1CCOC1.CC(C)(C)c1cc(C=Nc2ccccc2C(C)(C)C)c([O-])c(C(C)(C)C)c1.CC(C)(C)c1cc(C=Nc2ccccc2C(C)(C)C)c([O-])c(C(C)(C)C)c1.[K+].[K+]. The van der Waals surface area contributed by atoms with E-state index in [-0.39, 0.29) is 147 Å². The summed E-state index contributed by atoms with van der Waals surface area (Å²) >= 11 is 0. The molecular formula is C74H116K2N2O8. The van der Waals surface area contributed by atoms with Gasteiger partial charge >= 0.3 is 103 Å². The Morgan fingerprint density at radius 2 is 0.512 bits per heavy atom. The van der Waals surface area contributed by atoms with Gasteiger partial charge in [0.2, 0.25) is 0 Å². The van der Waals surface area contributed by atoms with Gasteiger partial charge in [-0.3, -0.25) is 9.98 Å². The Morgan fingerprint density at radius 3 is 0.686 bits per heavy atom. The number of hydrogen-bond donors (Lipinski definition) is 0. The predicted molar refractivity (Wildman–Crippen MR) is 352 cm³/mol. The topological polar surface area (TPSA) is 126 Å². The Hall–Kier alpha value is -1.15. The Bertz CT molecular complexity index is 2240. The maximum atomic E-state index is 13.1. The molecule has 0 saturated carbocycles. The first kappa shape index (κ1) is 82.9. The van der Waals surface area contributed by atoms with Gasteiger partial charge in [0, 0.05) is 91.7 Å². The van der Waals surface area contributed by atoms with E-state index in [2.05, 4.69) is 149 Å². The van der Waals surface area contributed by atoms with Gasteiger partial charge in [-0.2, -0.15) is 0 Å². The van der Waals surface area contributed by atoms with Gasteiger partial charge < -0.3 is 38.6 Å². The van der Waals surface area contributed by atoms with Gasteiger partial charge in [-0.05, 0) is 166 Å². The van der Waals surface area contributed by atoms with Crippen molar-refractivity contribution in [2.24, 2.45) is 9.98 Å². The quantitative estimate of drug-likeness (QED) is 0.146. The summed E-state index contributed by atoms with van der Waals surface area (Å²) in [4.78, 5) is 9.45. The van der Waals surface area contributed by atoms with E-state index in [1.165, 1.54) is 88.2 Å². The summed E-state index contributed by atoms with van der Waals surface area (Å²) in [6, 6.07) is 24.5. The standard InChI is InChI=1S/2C25H35NO.6C4H8O.2K/c2*1-23(2,3)18-14-17(22(27)20(15-18)25(7,8)9)16-26-21-13-11-10-12-19(21)24(4,5)6;6*1-2-4-5-3-1;;/h2*10-16,27H,1-9H3;6*1-4H2;;/q;;;;;;;;2*+1/p-2. The number of aliphatic imine (C=N–C) groups is 2. The average Bonchev–Trinajstić information content (AvgIpc) is 1.21. The van der Waals surface area contributed by atoms with Crippen LogP contribution in [0.25, 0.3) is 0 Å². The zero-order valence-electron chi connectivity index (χ0n) is 58.2. The van der Waals surface area contributed by atoms with E-state index in [0.717, 1.165) is 113 Å². The fourth-order valence-electron chi connectivity index (χ4n) is 9.26. The van der Waals surface area contributed by atoms with Crippen molar-refractivity contribution in [2.75, 3.05) is 79.3 Å². The van der Waals surface area contributed by atoms with Crippen molar-refractivity contribution in [1.82, 2.24) is 0 Å². The maximum absolute atomic E-state index is 13.1. The minimum atomic E-state index is -0.204. The molecule has 0 unspecified atom stereocenters. The van der Waals surface area contributed by atoms with Gasteiger partial charge in [-0.25, -0.2) is 0 Å². The van der Waals surface area contributed by atoms with Crippen LogP contribution in [-0.4, -0.2) is 91.7 Å². The molecule has 472 valence electrons. The van der Waals surface area contributed by atoms with Crippen molar-refractivity contribution in [3.8, 4) is 11.5 Å². The molecule has 0 atom stereocenters. The van der Waals surface area contributed by atoms with E-state index >= 15 is 0 Å². The first-order valence-corrected chi connectivity index (χ1v) is 31.9. The first-order chi connectivity index (χ1) is 39.4. The van der Waals surface area contributed by atoms with Gasteiger partial charge in [0.15, 0.2) is 0 Å². The molecule has 4 aromatic rings. The molecule has 6 saturated heterocycles. The molecule has 86 heavy (non-hydrogen) atoms. The van der Waals surface area contributed by atoms with Crippen LogP contribution in [0.3, 0.4) is 0 Å². The number of ether oxygens (including phenoxy) is 6. The second-order valence-electron chi connectivity index (χ2n) is 28.9. The molecule has 6 aliphatic heterocycles. The Kier molecular flexibility index (Phi) is 40.6. The summed E-state index contributed by atoms with van der Waals surface area (Å²) in [6.07, 6.45) is 18.8. The van der Waals surface area contributed by atoms with Crippen LogP contribution < -0.4 is 113 Å². The van der Waals surface area contributed by atoms with E-state index in [9.17, 15) is 10.2 Å². The molecule has 0 aromatic heterocycles. The van der Waals surface area contributed by atoms with E-state index in [4.69, 9.17) is 38.4 Å². The molecule has 12 heteroatoms. The first-order valence-electron chi connectivity index (χ1n) is 31.9. The minimum Gasteiger partial charge on any atom is -0.872 e. The van der Waals surface area contributed by atoms with Gasteiger partial charge in [-0.15, -0.1) is 0 Å². The van der Waals surface area contributed by atoms with Crippen LogP contribution in [0.15, 0.2) is 82.8 Å². The monoisotopic (exact) mass is 1240 g/mol. The molecule has 0 aliphatic carbocycles. The zero-order chi connectivity index (χ0) is 62.5. The van der Waals surface area contributed by atoms with Crippen molar-refractivity contribution in [1.29, 1.82) is 0 Å². The van der Waals surface area contributed by atoms with Crippen LogP contribution in [0, 0.1) is 0 Å². The van der Waals surface area contributed by atoms with Gasteiger partial charge in [0.25, 0.3) is 0 Å². The van der Waals surface area contributed by atoms with Crippen LogP contribution in [-0.2, 0) is 60.9 Å². The number of hydrogen-bond acceptors (Lipinski definition) is 10. The molecule has 0 amide bonds. The molecule has 6 fully saturated rings. The largest absolute Gasteiger partial charge is 1.00 e. The Balaban J connectivity index is 0.000000567. The van der Waals surface area contributed by atoms with E-state index < -0.39 is 0 Å². The van der Waals surface area contributed by atoms with Crippen LogP contribution >= 0.6 is 0 Å². The smallest absolute Gasteiger partial charge is 0.872 e. The van der Waals surface area contributed by atoms with Crippen LogP contribution in [0.2, 0.25) is 0 Å². The average molecular weight is 1240 g/mol. The Morgan fingerprint density at radius 1 is 0.302 bits per heavy atom. The number of benzene rings is 4. The molecule has 10 nitrogen and oxygen atoms in total. The summed E-state index contributed by atoms with van der Waals surface area (Å²) in [5.74, 6) is 0.153. The summed E-state index contributed by atoms with van der Waals surface area (Å²) in [5, 5.41) is 26.2. The third-order valence-electron chi connectivity index (χ3n) is 14.7. The molecule has 0 N–H and O–H groups in total. The van der Waals surface area contributed by atoms with Crippen molar-refractivity contribution in [3.63, 3.8) is 0 Å². The predicted octanol–water partition coefficient (Wildman–Crippen LogP) is 11.6. The molecule has 10 rings (SSSR count). The fourth-order valence-corrected chi connectivity index (χ4v) is 9.26. The molecule has 0 bridgehead atoms. The maximum Gasteiger partial charge on any atom is 1.00 e. The van der Waals surface area contributed by atoms with Gasteiger partial charge in [0.1, 0.15) is 0 Å².